The molecule has 2 N–H and O–H groups in total. The smallest absolute Gasteiger partial charge is 0.475 e. The first kappa shape index (κ1) is 20.4. The van der Waals surface area contributed by atoms with Crippen LogP contribution in [0.5, 0.6) is 0 Å². The van der Waals surface area contributed by atoms with Gasteiger partial charge in [-0.05, 0) is 40.8 Å². The Morgan fingerprint density at radius 1 is 1.19 bits per heavy atom. The molecular weight excluding hydrogens is 367 g/mol. The van der Waals surface area contributed by atoms with E-state index in [-0.39, 0.29) is 12.1 Å². The molecule has 1 aromatic heterocycles. The normalized spacial score (nSPS) is 20.5. The Morgan fingerprint density at radius 3 is 2.38 bits per heavy atom. The Hall–Kier alpha value is -1.90. The number of aliphatic hydroxyl groups is 1. The number of carbonyl (C=O) groups is 1. The van der Waals surface area contributed by atoms with Crippen molar-refractivity contribution in [2.75, 3.05) is 6.54 Å². The fourth-order valence-electron chi connectivity index (χ4n) is 2.83. The first-order chi connectivity index (χ1) is 12.3. The van der Waals surface area contributed by atoms with Crippen molar-refractivity contribution in [3.05, 3.63) is 58.3 Å². The Morgan fingerprint density at radius 2 is 1.85 bits per heavy atom. The van der Waals surface area contributed by atoms with Crippen LogP contribution in [0.4, 0.5) is 13.2 Å². The highest BCUT2D eigenvalue weighted by Crippen LogP contribution is 2.24. The van der Waals surface area contributed by atoms with E-state index in [0.29, 0.717) is 0 Å². The number of alkyl halides is 3. The third-order valence-electron chi connectivity index (χ3n) is 4.12. The van der Waals surface area contributed by atoms with Gasteiger partial charge in [0.2, 0.25) is 0 Å². The Labute approximate surface area is 153 Å². The molecule has 0 unspecified atom stereocenters. The van der Waals surface area contributed by atoms with Gasteiger partial charge in [-0.2, -0.15) is 24.5 Å². The highest BCUT2D eigenvalue weighted by Gasteiger charge is 2.38. The minimum Gasteiger partial charge on any atom is -0.475 e. The molecule has 2 aromatic rings. The van der Waals surface area contributed by atoms with Crippen molar-refractivity contribution < 1.29 is 28.2 Å². The molecule has 0 spiro atoms. The van der Waals surface area contributed by atoms with Gasteiger partial charge in [0.1, 0.15) is 0 Å². The summed E-state index contributed by atoms with van der Waals surface area (Å²) in [4.78, 5) is 11.3. The highest BCUT2D eigenvalue weighted by atomic mass is 32.1. The highest BCUT2D eigenvalue weighted by molar-refractivity contribution is 7.07. The van der Waals surface area contributed by atoms with E-state index in [1.165, 1.54) is 11.1 Å². The zero-order valence-electron chi connectivity index (χ0n) is 13.9. The maximum absolute atomic E-state index is 10.6. The maximum atomic E-state index is 10.6. The SMILES string of the molecule is O=C(O)C(F)(F)F.O[C@@H]1CCN(Cc2ccsc2)[C@H]1Cc1ccccc1. The van der Waals surface area contributed by atoms with Crippen LogP contribution in [0.1, 0.15) is 17.5 Å². The summed E-state index contributed by atoms with van der Waals surface area (Å²) < 4.78 is 31.7. The zero-order valence-corrected chi connectivity index (χ0v) is 14.7. The van der Waals surface area contributed by atoms with E-state index >= 15 is 0 Å². The monoisotopic (exact) mass is 387 g/mol. The van der Waals surface area contributed by atoms with Crippen LogP contribution in [-0.2, 0) is 17.8 Å². The number of hydrogen-bond acceptors (Lipinski definition) is 4. The molecule has 1 aliphatic rings. The number of nitrogens with zero attached hydrogens (tertiary/aromatic N) is 1. The molecule has 4 nitrogen and oxygen atoms in total. The van der Waals surface area contributed by atoms with Crippen LogP contribution in [0.3, 0.4) is 0 Å². The molecule has 1 aromatic carbocycles. The Bertz CT molecular complexity index is 677. The first-order valence-electron chi connectivity index (χ1n) is 8.04. The van der Waals surface area contributed by atoms with Crippen molar-refractivity contribution >= 4 is 17.3 Å². The number of carboxylic acid groups (broad SMARTS) is 1. The summed E-state index contributed by atoms with van der Waals surface area (Å²) in [6.45, 7) is 1.95. The van der Waals surface area contributed by atoms with Crippen molar-refractivity contribution in [1.29, 1.82) is 0 Å². The maximum Gasteiger partial charge on any atom is 0.490 e. The second-order valence-corrected chi connectivity index (χ2v) is 6.80. The van der Waals surface area contributed by atoms with Crippen molar-refractivity contribution in [1.82, 2.24) is 4.90 Å². The fourth-order valence-corrected chi connectivity index (χ4v) is 3.49. The molecule has 1 aliphatic heterocycles. The van der Waals surface area contributed by atoms with Crippen molar-refractivity contribution in [2.24, 2.45) is 0 Å². The van der Waals surface area contributed by atoms with E-state index in [4.69, 9.17) is 9.90 Å². The summed E-state index contributed by atoms with van der Waals surface area (Å²) >= 11 is 1.74. The van der Waals surface area contributed by atoms with E-state index < -0.39 is 12.1 Å². The lowest BCUT2D eigenvalue weighted by Gasteiger charge is -2.26. The number of carboxylic acids is 1. The van der Waals surface area contributed by atoms with Crippen LogP contribution in [0.2, 0.25) is 0 Å². The largest absolute Gasteiger partial charge is 0.490 e. The number of rotatable bonds is 4. The number of aliphatic carboxylic acids is 1. The van der Waals surface area contributed by atoms with Gasteiger partial charge in [-0.15, -0.1) is 0 Å². The minimum absolute atomic E-state index is 0.196. The number of hydrogen-bond donors (Lipinski definition) is 2. The second-order valence-electron chi connectivity index (χ2n) is 6.02. The zero-order chi connectivity index (χ0) is 19.2. The molecule has 1 fully saturated rings. The van der Waals surface area contributed by atoms with Crippen molar-refractivity contribution in [2.45, 2.75) is 37.7 Å². The lowest BCUT2D eigenvalue weighted by atomic mass is 10.0. The van der Waals surface area contributed by atoms with Gasteiger partial charge in [-0.3, -0.25) is 4.90 Å². The molecule has 0 saturated carbocycles. The van der Waals surface area contributed by atoms with Gasteiger partial charge in [0, 0.05) is 19.1 Å². The summed E-state index contributed by atoms with van der Waals surface area (Å²) in [7, 11) is 0. The average molecular weight is 387 g/mol. The van der Waals surface area contributed by atoms with Gasteiger partial charge in [0.25, 0.3) is 0 Å². The van der Waals surface area contributed by atoms with Crippen LogP contribution in [0.15, 0.2) is 47.2 Å². The molecule has 0 radical (unpaired) electrons. The molecule has 142 valence electrons. The molecule has 1 saturated heterocycles. The van der Waals surface area contributed by atoms with Gasteiger partial charge in [-0.25, -0.2) is 4.79 Å². The van der Waals surface area contributed by atoms with Crippen LogP contribution in [0, 0.1) is 0 Å². The van der Waals surface area contributed by atoms with Crippen molar-refractivity contribution in [3.63, 3.8) is 0 Å². The van der Waals surface area contributed by atoms with Gasteiger partial charge >= 0.3 is 12.1 Å². The number of aliphatic hydroxyl groups excluding tert-OH is 1. The molecule has 26 heavy (non-hydrogen) atoms. The second kappa shape index (κ2) is 9.16. The van der Waals surface area contributed by atoms with Crippen molar-refractivity contribution in [3.8, 4) is 0 Å². The van der Waals surface area contributed by atoms with E-state index in [1.54, 1.807) is 11.3 Å². The van der Waals surface area contributed by atoms with Gasteiger partial charge in [-0.1, -0.05) is 30.3 Å². The molecular formula is C18H20F3NO3S. The lowest BCUT2D eigenvalue weighted by molar-refractivity contribution is -0.192. The number of halogens is 3. The molecule has 0 bridgehead atoms. The van der Waals surface area contributed by atoms with Crippen LogP contribution >= 0.6 is 11.3 Å². The van der Waals surface area contributed by atoms with E-state index in [2.05, 4.69) is 46.0 Å². The number of thiophene rings is 1. The molecule has 0 amide bonds. The van der Waals surface area contributed by atoms with E-state index in [9.17, 15) is 18.3 Å². The fraction of sp³-hybridized carbons (Fsp3) is 0.389. The predicted molar refractivity (Wildman–Crippen MR) is 93.0 cm³/mol. The van der Waals surface area contributed by atoms with E-state index in [1.807, 2.05) is 6.07 Å². The third kappa shape index (κ3) is 6.12. The molecule has 2 atom stereocenters. The number of likely N-dealkylation sites (tertiary alicyclic amines) is 1. The summed E-state index contributed by atoms with van der Waals surface area (Å²) in [6.07, 6.45) is -3.45. The summed E-state index contributed by atoms with van der Waals surface area (Å²) in [5.74, 6) is -2.76. The van der Waals surface area contributed by atoms with Crippen LogP contribution in [-0.4, -0.2) is 45.9 Å². The van der Waals surface area contributed by atoms with Gasteiger partial charge in [0.05, 0.1) is 6.10 Å². The van der Waals surface area contributed by atoms with E-state index in [0.717, 1.165) is 25.9 Å². The standard InChI is InChI=1S/C16H19NOS.C2HF3O2/c18-16-6-8-17(11-14-7-9-19-12-14)15(16)10-13-4-2-1-3-5-13;3-2(4,5)1(6)7/h1-5,7,9,12,15-16,18H,6,8,10-11H2;(H,6,7)/t15-,16+;/m0./s1. The number of benzene rings is 1. The average Bonchev–Trinajstić information content (AvgIpc) is 3.21. The van der Waals surface area contributed by atoms with Crippen LogP contribution < -0.4 is 0 Å². The first-order valence-corrected chi connectivity index (χ1v) is 8.99. The third-order valence-corrected chi connectivity index (χ3v) is 4.85. The molecule has 8 heteroatoms. The minimum atomic E-state index is -5.08. The summed E-state index contributed by atoms with van der Waals surface area (Å²) in [6, 6.07) is 12.9. The summed E-state index contributed by atoms with van der Waals surface area (Å²) in [5, 5.41) is 21.7. The predicted octanol–water partition coefficient (Wildman–Crippen LogP) is 3.56. The quantitative estimate of drug-likeness (QED) is 0.842. The Kier molecular flexibility index (Phi) is 7.19. The molecule has 0 aliphatic carbocycles. The molecule has 3 rings (SSSR count). The Balaban J connectivity index is 0.000000298. The lowest BCUT2D eigenvalue weighted by Crippen LogP contribution is -2.36. The molecule has 2 heterocycles. The summed E-state index contributed by atoms with van der Waals surface area (Å²) in [5.41, 5.74) is 2.67. The topological polar surface area (TPSA) is 60.8 Å². The van der Waals surface area contributed by atoms with Crippen LogP contribution in [0.25, 0.3) is 0 Å². The van der Waals surface area contributed by atoms with Gasteiger partial charge in [0.15, 0.2) is 0 Å². The van der Waals surface area contributed by atoms with Gasteiger partial charge < -0.3 is 10.2 Å².